The maximum atomic E-state index is 9.54. The van der Waals surface area contributed by atoms with Gasteiger partial charge in [0.15, 0.2) is 5.82 Å². The highest BCUT2D eigenvalue weighted by atomic mass is 16.5. The van der Waals surface area contributed by atoms with Crippen LogP contribution in [0.5, 0.6) is 0 Å². The van der Waals surface area contributed by atoms with Gasteiger partial charge >= 0.3 is 0 Å². The van der Waals surface area contributed by atoms with Gasteiger partial charge in [0, 0.05) is 24.5 Å². The SMILES string of the molecule is Cc1nc(N2CCO[C@@H](CO)C2)cc(-n2ncc3cc(C)c(C4CCN(C5COC5)CC4)cc32)n1. The summed E-state index contributed by atoms with van der Waals surface area (Å²) in [6.07, 6.45) is 4.09. The molecule has 35 heavy (non-hydrogen) atoms. The summed E-state index contributed by atoms with van der Waals surface area (Å²) >= 11 is 0. The topological polar surface area (TPSA) is 88.8 Å². The molecule has 5 heterocycles. The molecule has 3 aromatic rings. The van der Waals surface area contributed by atoms with Crippen LogP contribution < -0.4 is 4.90 Å². The Morgan fingerprint density at radius 2 is 1.83 bits per heavy atom. The van der Waals surface area contributed by atoms with E-state index in [2.05, 4.69) is 33.8 Å². The highest BCUT2D eigenvalue weighted by Crippen LogP contribution is 2.34. The average molecular weight is 479 g/mol. The molecule has 0 saturated carbocycles. The molecule has 0 spiro atoms. The number of piperidine rings is 1. The van der Waals surface area contributed by atoms with Gasteiger partial charge in [-0.3, -0.25) is 4.90 Å². The molecule has 3 fully saturated rings. The van der Waals surface area contributed by atoms with Crippen LogP contribution in [0.3, 0.4) is 0 Å². The van der Waals surface area contributed by atoms with Crippen LogP contribution in [0.25, 0.3) is 16.7 Å². The maximum Gasteiger partial charge on any atom is 0.159 e. The lowest BCUT2D eigenvalue weighted by Gasteiger charge is -2.41. The van der Waals surface area contributed by atoms with Crippen LogP contribution in [-0.4, -0.2) is 94.5 Å². The largest absolute Gasteiger partial charge is 0.394 e. The molecule has 0 unspecified atom stereocenters. The zero-order valence-electron chi connectivity index (χ0n) is 20.6. The Balaban J connectivity index is 1.30. The molecule has 3 aliphatic rings. The molecule has 9 heteroatoms. The molecule has 3 aliphatic heterocycles. The molecule has 1 N–H and O–H groups in total. The Morgan fingerprint density at radius 3 is 2.57 bits per heavy atom. The number of ether oxygens (including phenoxy) is 2. The minimum absolute atomic E-state index is 0.00665. The lowest BCUT2D eigenvalue weighted by molar-refractivity contribution is -0.0712. The minimum Gasteiger partial charge on any atom is -0.394 e. The smallest absolute Gasteiger partial charge is 0.159 e. The number of aliphatic hydroxyl groups is 1. The van der Waals surface area contributed by atoms with E-state index in [1.807, 2.05) is 23.9 Å². The van der Waals surface area contributed by atoms with E-state index in [4.69, 9.17) is 19.6 Å². The first-order chi connectivity index (χ1) is 17.1. The Kier molecular flexibility index (Phi) is 6.18. The van der Waals surface area contributed by atoms with E-state index in [-0.39, 0.29) is 12.7 Å². The van der Waals surface area contributed by atoms with Crippen molar-refractivity contribution in [1.29, 1.82) is 0 Å². The zero-order chi connectivity index (χ0) is 23.9. The third-order valence-corrected chi connectivity index (χ3v) is 7.76. The van der Waals surface area contributed by atoms with Crippen molar-refractivity contribution in [2.75, 3.05) is 57.5 Å². The second kappa shape index (κ2) is 9.46. The fourth-order valence-corrected chi connectivity index (χ4v) is 5.68. The molecule has 0 radical (unpaired) electrons. The van der Waals surface area contributed by atoms with E-state index < -0.39 is 0 Å². The third kappa shape index (κ3) is 4.42. The highest BCUT2D eigenvalue weighted by molar-refractivity contribution is 5.82. The normalized spacial score (nSPS) is 22.6. The number of anilines is 1. The van der Waals surface area contributed by atoms with Crippen molar-refractivity contribution in [1.82, 2.24) is 24.6 Å². The van der Waals surface area contributed by atoms with Gasteiger partial charge in [0.05, 0.1) is 50.3 Å². The maximum absolute atomic E-state index is 9.54. The fourth-order valence-electron chi connectivity index (χ4n) is 5.68. The summed E-state index contributed by atoms with van der Waals surface area (Å²) < 4.78 is 13.0. The monoisotopic (exact) mass is 478 g/mol. The standard InChI is InChI=1S/C26H34N6O3/c1-17-9-20-12-27-32(24(20)10-23(17)19-3-5-30(6-4-19)21-15-34-16-21)26-11-25(28-18(2)29-26)31-7-8-35-22(13-31)14-33/h9-12,19,21-22,33H,3-8,13-16H2,1-2H3/t22-/m1/s1. The lowest BCUT2D eigenvalue weighted by atomic mass is 9.85. The predicted molar refractivity (Wildman–Crippen MR) is 133 cm³/mol. The molecule has 3 saturated heterocycles. The molecule has 0 amide bonds. The number of benzene rings is 1. The summed E-state index contributed by atoms with van der Waals surface area (Å²) in [5, 5.41) is 15.4. The van der Waals surface area contributed by atoms with Crippen LogP contribution in [0.2, 0.25) is 0 Å². The van der Waals surface area contributed by atoms with Gasteiger partial charge in [0.1, 0.15) is 11.6 Å². The van der Waals surface area contributed by atoms with E-state index in [1.165, 1.54) is 24.0 Å². The van der Waals surface area contributed by atoms with Crippen LogP contribution in [0.4, 0.5) is 5.82 Å². The van der Waals surface area contributed by atoms with E-state index in [1.54, 1.807) is 0 Å². The van der Waals surface area contributed by atoms with Crippen LogP contribution >= 0.6 is 0 Å². The van der Waals surface area contributed by atoms with Gasteiger partial charge in [-0.2, -0.15) is 5.10 Å². The molecule has 1 atom stereocenters. The Hall–Kier alpha value is -2.59. The second-order valence-corrected chi connectivity index (χ2v) is 10.1. The van der Waals surface area contributed by atoms with Crippen molar-refractivity contribution in [3.8, 4) is 5.82 Å². The molecule has 1 aromatic carbocycles. The number of fused-ring (bicyclic) bond motifs is 1. The Labute approximate surface area is 205 Å². The molecular weight excluding hydrogens is 444 g/mol. The first kappa shape index (κ1) is 22.8. The number of likely N-dealkylation sites (tertiary alicyclic amines) is 1. The van der Waals surface area contributed by atoms with Gasteiger partial charge in [0.2, 0.25) is 0 Å². The first-order valence-corrected chi connectivity index (χ1v) is 12.7. The summed E-state index contributed by atoms with van der Waals surface area (Å²) in [6.45, 7) is 10.1. The fraction of sp³-hybridized carbons (Fsp3) is 0.577. The van der Waals surface area contributed by atoms with Crippen molar-refractivity contribution >= 4 is 16.7 Å². The Bertz CT molecular complexity index is 1200. The van der Waals surface area contributed by atoms with Crippen molar-refractivity contribution < 1.29 is 14.6 Å². The molecule has 0 aliphatic carbocycles. The van der Waals surface area contributed by atoms with E-state index in [0.717, 1.165) is 55.4 Å². The third-order valence-electron chi connectivity index (χ3n) is 7.76. The first-order valence-electron chi connectivity index (χ1n) is 12.7. The van der Waals surface area contributed by atoms with E-state index >= 15 is 0 Å². The number of rotatable bonds is 5. The average Bonchev–Trinajstić information content (AvgIpc) is 3.25. The number of aliphatic hydroxyl groups excluding tert-OH is 1. The lowest BCUT2D eigenvalue weighted by Crippen LogP contribution is -2.51. The quantitative estimate of drug-likeness (QED) is 0.597. The molecule has 186 valence electrons. The van der Waals surface area contributed by atoms with Gasteiger partial charge in [-0.05, 0) is 69.0 Å². The van der Waals surface area contributed by atoms with Gasteiger partial charge in [-0.15, -0.1) is 0 Å². The summed E-state index contributed by atoms with van der Waals surface area (Å²) in [5.41, 5.74) is 3.85. The Morgan fingerprint density at radius 1 is 1.03 bits per heavy atom. The van der Waals surface area contributed by atoms with Crippen molar-refractivity contribution in [3.05, 3.63) is 41.3 Å². The number of morpholine rings is 1. The van der Waals surface area contributed by atoms with E-state index in [0.29, 0.717) is 30.9 Å². The number of aromatic nitrogens is 4. The summed E-state index contributed by atoms with van der Waals surface area (Å²) in [7, 11) is 0. The predicted octanol–water partition coefficient (Wildman–Crippen LogP) is 2.21. The summed E-state index contributed by atoms with van der Waals surface area (Å²) in [5.74, 6) is 2.88. The van der Waals surface area contributed by atoms with Crippen LogP contribution in [0.1, 0.15) is 35.7 Å². The van der Waals surface area contributed by atoms with Crippen molar-refractivity contribution in [2.45, 2.75) is 44.8 Å². The second-order valence-electron chi connectivity index (χ2n) is 10.1. The molecular formula is C26H34N6O3. The van der Waals surface area contributed by atoms with Crippen molar-refractivity contribution in [3.63, 3.8) is 0 Å². The van der Waals surface area contributed by atoms with Crippen LogP contribution in [0, 0.1) is 13.8 Å². The van der Waals surface area contributed by atoms with Crippen molar-refractivity contribution in [2.24, 2.45) is 0 Å². The molecule has 6 rings (SSSR count). The molecule has 0 bridgehead atoms. The molecule has 9 nitrogen and oxygen atoms in total. The van der Waals surface area contributed by atoms with Crippen LogP contribution in [-0.2, 0) is 9.47 Å². The number of aryl methyl sites for hydroxylation is 2. The highest BCUT2D eigenvalue weighted by Gasteiger charge is 2.31. The van der Waals surface area contributed by atoms with Gasteiger partial charge < -0.3 is 19.5 Å². The summed E-state index contributed by atoms with van der Waals surface area (Å²) in [4.78, 5) is 14.2. The molecule has 2 aromatic heterocycles. The van der Waals surface area contributed by atoms with Gasteiger partial charge in [-0.25, -0.2) is 14.6 Å². The number of hydrogen-bond donors (Lipinski definition) is 1. The zero-order valence-corrected chi connectivity index (χ0v) is 20.6. The van der Waals surface area contributed by atoms with Crippen LogP contribution in [0.15, 0.2) is 24.4 Å². The number of hydrogen-bond acceptors (Lipinski definition) is 8. The summed E-state index contributed by atoms with van der Waals surface area (Å²) in [6, 6.07) is 7.22. The van der Waals surface area contributed by atoms with E-state index in [9.17, 15) is 5.11 Å². The minimum atomic E-state index is -0.193. The number of nitrogens with zero attached hydrogens (tertiary/aromatic N) is 6. The van der Waals surface area contributed by atoms with Gasteiger partial charge in [0.25, 0.3) is 0 Å². The van der Waals surface area contributed by atoms with Gasteiger partial charge in [-0.1, -0.05) is 0 Å².